The highest BCUT2D eigenvalue weighted by Crippen LogP contribution is 2.32. The number of rotatable bonds is 4. The van der Waals surface area contributed by atoms with Gasteiger partial charge in [0.05, 0.1) is 22.9 Å². The topological polar surface area (TPSA) is 86.0 Å². The molecule has 0 bridgehead atoms. The number of alkyl halides is 3. The second-order valence-corrected chi connectivity index (χ2v) is 8.84. The Morgan fingerprint density at radius 2 is 1.68 bits per heavy atom. The predicted molar refractivity (Wildman–Crippen MR) is 143 cm³/mol. The summed E-state index contributed by atoms with van der Waals surface area (Å²) in [5.74, 6) is 0.0661. The number of hydrogen-bond acceptors (Lipinski definition) is 6. The first-order valence-corrected chi connectivity index (χ1v) is 11.5. The van der Waals surface area contributed by atoms with E-state index in [4.69, 9.17) is 5.26 Å². The molecule has 2 aromatic heterocycles. The van der Waals surface area contributed by atoms with Crippen LogP contribution in [0.15, 0.2) is 42.6 Å². The molecule has 3 heterocycles. The van der Waals surface area contributed by atoms with Crippen LogP contribution in [0.4, 0.5) is 19.0 Å². The van der Waals surface area contributed by atoms with Crippen LogP contribution in [0.2, 0.25) is 0 Å². The maximum atomic E-state index is 13.3. The lowest BCUT2D eigenvalue weighted by molar-refractivity contribution is -0.141. The van der Waals surface area contributed by atoms with Crippen LogP contribution in [0.3, 0.4) is 0 Å². The average Bonchev–Trinajstić information content (AvgIpc) is 2.89. The van der Waals surface area contributed by atoms with Gasteiger partial charge in [0, 0.05) is 37.9 Å². The number of amides is 1. The molecule has 0 saturated carbocycles. The quantitative estimate of drug-likeness (QED) is 0.406. The van der Waals surface area contributed by atoms with Crippen LogP contribution in [-0.4, -0.2) is 52.2 Å². The van der Waals surface area contributed by atoms with Gasteiger partial charge in [0.1, 0.15) is 0 Å². The number of carbonyl (C=O) groups excluding carboxylic acids is 1. The second-order valence-electron chi connectivity index (χ2n) is 8.84. The largest absolute Gasteiger partial charge is 0.434 e. The summed E-state index contributed by atoms with van der Waals surface area (Å²) < 4.78 is 40.0. The summed E-state index contributed by atoms with van der Waals surface area (Å²) >= 11 is 0. The van der Waals surface area contributed by atoms with Gasteiger partial charge in [0.2, 0.25) is 0 Å². The number of anilines is 1. The van der Waals surface area contributed by atoms with Gasteiger partial charge in [0.25, 0.3) is 5.91 Å². The molecule has 0 atom stereocenters. The molecule has 202 valence electrons. The van der Waals surface area contributed by atoms with Gasteiger partial charge in [0.15, 0.2) is 11.5 Å². The molecule has 3 aromatic rings. The molecular formula is C26H27Cl2F3N6O. The lowest BCUT2D eigenvalue weighted by atomic mass is 10.00. The summed E-state index contributed by atoms with van der Waals surface area (Å²) in [7, 11) is 1.54. The Bertz CT molecular complexity index is 1320. The molecule has 1 fully saturated rings. The van der Waals surface area contributed by atoms with Gasteiger partial charge >= 0.3 is 6.18 Å². The fraction of sp³-hybridized carbons (Fsp3) is 0.346. The normalized spacial score (nSPS) is 13.7. The van der Waals surface area contributed by atoms with E-state index in [1.165, 1.54) is 24.1 Å². The van der Waals surface area contributed by atoms with Crippen LogP contribution in [0, 0.1) is 25.2 Å². The number of nitriles is 1. The van der Waals surface area contributed by atoms with E-state index in [0.29, 0.717) is 31.5 Å². The Balaban J connectivity index is 0.00000253. The van der Waals surface area contributed by atoms with Crippen molar-refractivity contribution in [3.8, 4) is 17.3 Å². The van der Waals surface area contributed by atoms with E-state index in [0.717, 1.165) is 34.4 Å². The summed E-state index contributed by atoms with van der Waals surface area (Å²) in [5.41, 5.74) is 2.56. The number of pyridine rings is 1. The lowest BCUT2D eigenvalue weighted by Crippen LogP contribution is -2.46. The summed E-state index contributed by atoms with van der Waals surface area (Å²) in [4.78, 5) is 19.8. The maximum Gasteiger partial charge on any atom is 0.434 e. The van der Waals surface area contributed by atoms with Gasteiger partial charge in [-0.15, -0.1) is 35.0 Å². The van der Waals surface area contributed by atoms with E-state index in [9.17, 15) is 18.0 Å². The van der Waals surface area contributed by atoms with Crippen molar-refractivity contribution < 1.29 is 18.0 Å². The zero-order valence-corrected chi connectivity index (χ0v) is 22.6. The van der Waals surface area contributed by atoms with Crippen molar-refractivity contribution in [1.29, 1.82) is 5.26 Å². The number of benzene rings is 1. The van der Waals surface area contributed by atoms with E-state index in [-0.39, 0.29) is 30.9 Å². The highest BCUT2D eigenvalue weighted by atomic mass is 35.5. The van der Waals surface area contributed by atoms with Crippen molar-refractivity contribution >= 4 is 36.5 Å². The molecule has 0 unspecified atom stereocenters. The van der Waals surface area contributed by atoms with Crippen LogP contribution in [-0.2, 0) is 6.18 Å². The van der Waals surface area contributed by atoms with Crippen molar-refractivity contribution in [3.05, 3.63) is 70.5 Å². The molecular weight excluding hydrogens is 540 g/mol. The number of aromatic nitrogens is 3. The first-order chi connectivity index (χ1) is 17.1. The Morgan fingerprint density at radius 1 is 1.05 bits per heavy atom. The molecule has 7 nitrogen and oxygen atoms in total. The highest BCUT2D eigenvalue weighted by Gasteiger charge is 2.38. The monoisotopic (exact) mass is 566 g/mol. The van der Waals surface area contributed by atoms with Gasteiger partial charge < -0.3 is 9.80 Å². The average molecular weight is 567 g/mol. The van der Waals surface area contributed by atoms with Crippen LogP contribution in [0.25, 0.3) is 11.3 Å². The summed E-state index contributed by atoms with van der Waals surface area (Å²) in [6.07, 6.45) is -2.49. The molecule has 0 spiro atoms. The smallest absolute Gasteiger partial charge is 0.355 e. The fourth-order valence-electron chi connectivity index (χ4n) is 4.49. The molecule has 1 aromatic carbocycles. The summed E-state index contributed by atoms with van der Waals surface area (Å²) in [5, 5.41) is 17.9. The van der Waals surface area contributed by atoms with Gasteiger partial charge in [-0.05, 0) is 62.1 Å². The Morgan fingerprint density at radius 3 is 2.26 bits per heavy atom. The summed E-state index contributed by atoms with van der Waals surface area (Å²) in [6, 6.07) is 11.6. The summed E-state index contributed by atoms with van der Waals surface area (Å²) in [6.45, 7) is 5.14. The second kappa shape index (κ2) is 12.4. The molecule has 1 aliphatic heterocycles. The van der Waals surface area contributed by atoms with Crippen molar-refractivity contribution in [2.45, 2.75) is 38.9 Å². The van der Waals surface area contributed by atoms with E-state index < -0.39 is 23.3 Å². The van der Waals surface area contributed by atoms with Gasteiger partial charge in [-0.3, -0.25) is 9.78 Å². The fourth-order valence-corrected chi connectivity index (χ4v) is 4.49. The van der Waals surface area contributed by atoms with Gasteiger partial charge in [-0.1, -0.05) is 12.1 Å². The molecule has 0 N–H and O–H groups in total. The van der Waals surface area contributed by atoms with Crippen LogP contribution >= 0.6 is 24.8 Å². The van der Waals surface area contributed by atoms with Crippen molar-refractivity contribution in [3.63, 3.8) is 0 Å². The standard InChI is InChI=1S/C26H25F3N6O.2ClH/c1-16-17(2)24(33-32-22(16)19-8-6-18(15-30)7-9-19)35-13-10-20(11-14-35)34(3)25(36)21-5-4-12-31-23(21)26(27,28)29;;/h4-9,12,20H,10-11,13-14H2,1-3H3;2*1H. The van der Waals surface area contributed by atoms with Crippen LogP contribution in [0.1, 0.15) is 45.6 Å². The minimum absolute atomic E-state index is 0. The zero-order chi connectivity index (χ0) is 26.0. The minimum atomic E-state index is -4.70. The molecule has 1 aliphatic rings. The Labute approximate surface area is 231 Å². The molecule has 1 amide bonds. The van der Waals surface area contributed by atoms with E-state index in [1.807, 2.05) is 26.0 Å². The van der Waals surface area contributed by atoms with Crippen LogP contribution in [0.5, 0.6) is 0 Å². The molecule has 0 radical (unpaired) electrons. The maximum absolute atomic E-state index is 13.3. The van der Waals surface area contributed by atoms with Gasteiger partial charge in [-0.25, -0.2) is 0 Å². The molecule has 38 heavy (non-hydrogen) atoms. The molecule has 12 heteroatoms. The van der Waals surface area contributed by atoms with Crippen molar-refractivity contribution in [2.75, 3.05) is 25.0 Å². The lowest BCUT2D eigenvalue weighted by Gasteiger charge is -2.38. The van der Waals surface area contributed by atoms with Crippen molar-refractivity contribution in [1.82, 2.24) is 20.1 Å². The number of piperidine rings is 1. The number of nitrogens with zero attached hydrogens (tertiary/aromatic N) is 6. The third-order valence-electron chi connectivity index (χ3n) is 6.72. The van der Waals surface area contributed by atoms with Gasteiger partial charge in [-0.2, -0.15) is 18.4 Å². The Hall–Kier alpha value is -3.42. The SMILES string of the molecule is Cc1c(-c2ccc(C#N)cc2)nnc(N2CCC(N(C)C(=O)c3cccnc3C(F)(F)F)CC2)c1C.Cl.Cl. The number of carbonyl (C=O) groups is 1. The predicted octanol–water partition coefficient (Wildman–Crippen LogP) is 5.63. The zero-order valence-electron chi connectivity index (χ0n) is 21.0. The van der Waals surface area contributed by atoms with Crippen LogP contribution < -0.4 is 4.90 Å². The Kier molecular flexibility index (Phi) is 10.1. The van der Waals surface area contributed by atoms with E-state index in [2.05, 4.69) is 26.2 Å². The van der Waals surface area contributed by atoms with E-state index in [1.54, 1.807) is 12.1 Å². The molecule has 0 aliphatic carbocycles. The molecule has 1 saturated heterocycles. The first-order valence-electron chi connectivity index (χ1n) is 11.5. The first kappa shape index (κ1) is 30.8. The third-order valence-corrected chi connectivity index (χ3v) is 6.72. The highest BCUT2D eigenvalue weighted by molar-refractivity contribution is 5.95. The molecule has 4 rings (SSSR count). The minimum Gasteiger partial charge on any atom is -0.355 e. The number of halogens is 5. The third kappa shape index (κ3) is 6.17. The van der Waals surface area contributed by atoms with E-state index >= 15 is 0 Å². The van der Waals surface area contributed by atoms with Crippen molar-refractivity contribution in [2.24, 2.45) is 0 Å². The number of hydrogen-bond donors (Lipinski definition) is 0.